The average molecular weight is 344 g/mol. The van der Waals surface area contributed by atoms with Crippen molar-refractivity contribution >= 4 is 11.9 Å². The highest BCUT2D eigenvalue weighted by molar-refractivity contribution is 5.97. The third-order valence-corrected chi connectivity index (χ3v) is 5.19. The summed E-state index contributed by atoms with van der Waals surface area (Å²) >= 11 is 0. The van der Waals surface area contributed by atoms with Crippen LogP contribution in [0, 0.1) is 0 Å². The van der Waals surface area contributed by atoms with E-state index in [0.717, 1.165) is 31.5 Å². The highest BCUT2D eigenvalue weighted by Gasteiger charge is 2.23. The summed E-state index contributed by atoms with van der Waals surface area (Å²) in [7, 11) is 0. The summed E-state index contributed by atoms with van der Waals surface area (Å²) in [4.78, 5) is 28.2. The van der Waals surface area contributed by atoms with Crippen LogP contribution < -0.4 is 0 Å². The van der Waals surface area contributed by atoms with E-state index in [1.807, 2.05) is 13.0 Å². The lowest BCUT2D eigenvalue weighted by Gasteiger charge is -2.33. The minimum absolute atomic E-state index is 0.177. The molecule has 5 nitrogen and oxygen atoms in total. The molecule has 1 aromatic rings. The van der Waals surface area contributed by atoms with E-state index in [1.54, 1.807) is 4.90 Å². The van der Waals surface area contributed by atoms with Crippen molar-refractivity contribution in [2.45, 2.75) is 39.0 Å². The van der Waals surface area contributed by atoms with Crippen LogP contribution in [-0.2, 0) is 17.6 Å². The third kappa shape index (κ3) is 4.60. The number of piperazine rings is 1. The number of hydrogen-bond acceptors (Lipinski definition) is 4. The molecule has 0 aromatic heterocycles. The van der Waals surface area contributed by atoms with Crippen molar-refractivity contribution in [1.82, 2.24) is 9.80 Å². The lowest BCUT2D eigenvalue weighted by Crippen LogP contribution is -2.50. The molecule has 0 radical (unpaired) electrons. The lowest BCUT2D eigenvalue weighted by molar-refractivity contribution is 0.0733. The van der Waals surface area contributed by atoms with Crippen molar-refractivity contribution in [2.24, 2.45) is 0 Å². The largest absolute Gasteiger partial charge is 0.450 e. The Balaban J connectivity index is 1.55. The molecule has 0 N–H and O–H groups in total. The second kappa shape index (κ2) is 8.48. The molecule has 0 saturated carbocycles. The number of hydrogen-bond donors (Lipinski definition) is 0. The number of benzene rings is 1. The normalized spacial score (nSPS) is 18.4. The smallest absolute Gasteiger partial charge is 0.409 e. The predicted octanol–water partition coefficient (Wildman–Crippen LogP) is 2.91. The maximum Gasteiger partial charge on any atom is 0.409 e. The lowest BCUT2D eigenvalue weighted by atomic mass is 9.98. The summed E-state index contributed by atoms with van der Waals surface area (Å²) in [5.74, 6) is 0.177. The van der Waals surface area contributed by atoms with Crippen molar-refractivity contribution in [2.75, 3.05) is 39.3 Å². The van der Waals surface area contributed by atoms with E-state index in [9.17, 15) is 9.59 Å². The summed E-state index contributed by atoms with van der Waals surface area (Å²) in [6, 6.07) is 6.24. The van der Waals surface area contributed by atoms with Gasteiger partial charge in [-0.2, -0.15) is 0 Å². The minimum Gasteiger partial charge on any atom is -0.450 e. The van der Waals surface area contributed by atoms with Gasteiger partial charge in [0.25, 0.3) is 0 Å². The van der Waals surface area contributed by atoms with Gasteiger partial charge in [-0.1, -0.05) is 18.6 Å². The highest BCUT2D eigenvalue weighted by atomic mass is 16.6. The average Bonchev–Trinajstić information content (AvgIpc) is 2.87. The van der Waals surface area contributed by atoms with Gasteiger partial charge >= 0.3 is 6.09 Å². The zero-order chi connectivity index (χ0) is 17.6. The fourth-order valence-electron chi connectivity index (χ4n) is 3.68. The Hall–Kier alpha value is -1.88. The highest BCUT2D eigenvalue weighted by Crippen LogP contribution is 2.22. The number of fused-ring (bicyclic) bond motifs is 1. The molecule has 1 heterocycles. The summed E-state index contributed by atoms with van der Waals surface area (Å²) in [5.41, 5.74) is 3.60. The van der Waals surface area contributed by atoms with Gasteiger partial charge in [0.05, 0.1) is 13.2 Å². The number of ether oxygens (including phenoxy) is 1. The van der Waals surface area contributed by atoms with Crippen molar-refractivity contribution in [3.8, 4) is 0 Å². The van der Waals surface area contributed by atoms with Crippen LogP contribution >= 0.6 is 0 Å². The molecule has 1 aliphatic heterocycles. The van der Waals surface area contributed by atoms with Crippen LogP contribution in [0.1, 0.15) is 47.7 Å². The number of carbonyl (C=O) groups is 2. The molecular formula is C20H28N2O3. The second-order valence-electron chi connectivity index (χ2n) is 6.93. The maximum absolute atomic E-state index is 12.7. The fraction of sp³-hybridized carbons (Fsp3) is 0.600. The molecule has 1 fully saturated rings. The number of nitrogens with zero attached hydrogens (tertiary/aromatic N) is 2. The first-order valence-electron chi connectivity index (χ1n) is 9.46. The monoisotopic (exact) mass is 344 g/mol. The maximum atomic E-state index is 12.7. The molecule has 0 spiro atoms. The molecule has 1 amide bonds. The molecule has 1 aromatic carbocycles. The Morgan fingerprint density at radius 2 is 1.72 bits per heavy atom. The van der Waals surface area contributed by atoms with Gasteiger partial charge in [0.1, 0.15) is 0 Å². The van der Waals surface area contributed by atoms with E-state index in [-0.39, 0.29) is 11.9 Å². The molecule has 5 heteroatoms. The van der Waals surface area contributed by atoms with Gasteiger partial charge in [-0.05, 0) is 49.8 Å². The van der Waals surface area contributed by atoms with E-state index >= 15 is 0 Å². The van der Waals surface area contributed by atoms with Crippen LogP contribution in [0.15, 0.2) is 18.2 Å². The number of aryl methyl sites for hydroxylation is 2. The number of carbonyl (C=O) groups excluding carboxylic acids is 2. The molecule has 1 aliphatic carbocycles. The number of ketones is 1. The quantitative estimate of drug-likeness (QED) is 0.622. The Morgan fingerprint density at radius 3 is 2.44 bits per heavy atom. The predicted molar refractivity (Wildman–Crippen MR) is 97.1 cm³/mol. The van der Waals surface area contributed by atoms with Crippen molar-refractivity contribution in [3.05, 3.63) is 34.9 Å². The van der Waals surface area contributed by atoms with Crippen molar-refractivity contribution in [3.63, 3.8) is 0 Å². The molecule has 25 heavy (non-hydrogen) atoms. The Kier molecular flexibility index (Phi) is 6.08. The SMILES string of the molecule is CCOC(=O)N1CCN(CC(=O)c2ccc3c(c2)CCCCC3)CC1. The fourth-order valence-corrected chi connectivity index (χ4v) is 3.68. The van der Waals surface area contributed by atoms with Crippen LogP contribution in [0.25, 0.3) is 0 Å². The molecular weight excluding hydrogens is 316 g/mol. The number of rotatable bonds is 4. The van der Waals surface area contributed by atoms with E-state index in [4.69, 9.17) is 4.74 Å². The summed E-state index contributed by atoms with van der Waals surface area (Å²) in [6.45, 7) is 5.32. The standard InChI is InChI=1S/C20H28N2O3/c1-2-25-20(24)22-12-10-21(11-13-22)15-19(23)18-9-8-16-6-4-3-5-7-17(16)14-18/h8-9,14H,2-7,10-13,15H2,1H3. The van der Waals surface area contributed by atoms with Gasteiger partial charge in [-0.3, -0.25) is 9.69 Å². The van der Waals surface area contributed by atoms with Crippen molar-refractivity contribution in [1.29, 1.82) is 0 Å². The van der Waals surface area contributed by atoms with Gasteiger partial charge in [0.15, 0.2) is 5.78 Å². The molecule has 0 atom stereocenters. The number of amides is 1. The molecule has 0 unspecified atom stereocenters. The number of Topliss-reactive ketones (excluding diaryl/α,β-unsaturated/α-hetero) is 1. The molecule has 1 saturated heterocycles. The van der Waals surface area contributed by atoms with Gasteiger partial charge in [0, 0.05) is 31.7 Å². The topological polar surface area (TPSA) is 49.9 Å². The first kappa shape index (κ1) is 17.9. The van der Waals surface area contributed by atoms with E-state index < -0.39 is 0 Å². The first-order valence-corrected chi connectivity index (χ1v) is 9.46. The molecule has 3 rings (SSSR count). The zero-order valence-electron chi connectivity index (χ0n) is 15.1. The van der Waals surface area contributed by atoms with Crippen LogP contribution in [0.3, 0.4) is 0 Å². The van der Waals surface area contributed by atoms with Gasteiger partial charge in [0.2, 0.25) is 0 Å². The third-order valence-electron chi connectivity index (χ3n) is 5.19. The van der Waals surface area contributed by atoms with Crippen LogP contribution in [0.4, 0.5) is 4.79 Å². The Morgan fingerprint density at radius 1 is 1.00 bits per heavy atom. The zero-order valence-corrected chi connectivity index (χ0v) is 15.1. The van der Waals surface area contributed by atoms with Gasteiger partial charge in [-0.15, -0.1) is 0 Å². The van der Waals surface area contributed by atoms with E-state index in [0.29, 0.717) is 26.2 Å². The van der Waals surface area contributed by atoms with Crippen LogP contribution in [-0.4, -0.2) is 61.0 Å². The van der Waals surface area contributed by atoms with Crippen molar-refractivity contribution < 1.29 is 14.3 Å². The first-order chi connectivity index (χ1) is 12.2. The molecule has 2 aliphatic rings. The van der Waals surface area contributed by atoms with Crippen LogP contribution in [0.2, 0.25) is 0 Å². The minimum atomic E-state index is -0.251. The summed E-state index contributed by atoms with van der Waals surface area (Å²) < 4.78 is 5.03. The van der Waals surface area contributed by atoms with Gasteiger partial charge < -0.3 is 9.64 Å². The summed E-state index contributed by atoms with van der Waals surface area (Å²) in [5, 5.41) is 0. The van der Waals surface area contributed by atoms with E-state index in [2.05, 4.69) is 17.0 Å². The second-order valence-corrected chi connectivity index (χ2v) is 6.93. The van der Waals surface area contributed by atoms with Crippen LogP contribution in [0.5, 0.6) is 0 Å². The van der Waals surface area contributed by atoms with Gasteiger partial charge in [-0.25, -0.2) is 4.79 Å². The Labute approximate surface area is 149 Å². The summed E-state index contributed by atoms with van der Waals surface area (Å²) in [6.07, 6.45) is 5.74. The molecule has 136 valence electrons. The Bertz CT molecular complexity index is 621. The molecule has 0 bridgehead atoms. The van der Waals surface area contributed by atoms with E-state index in [1.165, 1.54) is 30.4 Å².